The largest absolute Gasteiger partial charge is 0.438 e. The van der Waals surface area contributed by atoms with Crippen LogP contribution < -0.4 is 4.74 Å². The third-order valence-corrected chi connectivity index (χ3v) is 7.14. The lowest BCUT2D eigenvalue weighted by atomic mass is 9.81. The third-order valence-electron chi connectivity index (χ3n) is 7.14. The summed E-state index contributed by atoms with van der Waals surface area (Å²) < 4.78 is 8.08. The summed E-state index contributed by atoms with van der Waals surface area (Å²) in [5.41, 5.74) is 6.80. The molecule has 0 unspecified atom stereocenters. The molecule has 0 spiro atoms. The molecule has 0 aliphatic carbocycles. The van der Waals surface area contributed by atoms with Crippen LogP contribution in [0.4, 0.5) is 0 Å². The molecule has 0 amide bonds. The van der Waals surface area contributed by atoms with Gasteiger partial charge in [0.25, 0.3) is 0 Å². The summed E-state index contributed by atoms with van der Waals surface area (Å²) in [7, 11) is 0. The van der Waals surface area contributed by atoms with Gasteiger partial charge in [0.05, 0.1) is 11.3 Å². The van der Waals surface area contributed by atoms with Crippen LogP contribution in [0.1, 0.15) is 46.5 Å². The van der Waals surface area contributed by atoms with Crippen LogP contribution in [-0.2, 0) is 11.4 Å². The Morgan fingerprint density at radius 3 is 2.56 bits per heavy atom. The maximum Gasteiger partial charge on any atom is 0.228 e. The Bertz CT molecular complexity index is 1860. The molecule has 0 bridgehead atoms. The molecule has 0 N–H and O–H groups in total. The first-order chi connectivity index (χ1) is 19.2. The van der Waals surface area contributed by atoms with Crippen molar-refractivity contribution in [2.45, 2.75) is 26.4 Å². The molecule has 0 fully saturated rings. The molecule has 1 atom stereocenters. The van der Waals surface area contributed by atoms with Gasteiger partial charge in [-0.05, 0) is 41.8 Å². The highest BCUT2D eigenvalue weighted by Gasteiger charge is 2.34. The minimum Gasteiger partial charge on any atom is -0.438 e. The van der Waals surface area contributed by atoms with Crippen LogP contribution in [0.25, 0.3) is 16.4 Å². The molecule has 0 radical (unpaired) electrons. The summed E-state index contributed by atoms with van der Waals surface area (Å²) in [5.74, 6) is 1.72. The van der Waals surface area contributed by atoms with Crippen molar-refractivity contribution in [2.75, 3.05) is 0 Å². The second-order valence-electron chi connectivity index (χ2n) is 9.72. The van der Waals surface area contributed by atoms with Crippen LogP contribution in [0.15, 0.2) is 102 Å². The predicted octanol–water partition coefficient (Wildman–Crippen LogP) is 6.81. The highest BCUT2D eigenvalue weighted by atomic mass is 16.6. The lowest BCUT2D eigenvalue weighted by Crippen LogP contribution is -2.15. The second-order valence-corrected chi connectivity index (χ2v) is 9.72. The van der Waals surface area contributed by atoms with Crippen molar-refractivity contribution in [3.05, 3.63) is 131 Å². The van der Waals surface area contributed by atoms with E-state index in [9.17, 15) is 0 Å². The number of rotatable bonds is 5. The zero-order valence-corrected chi connectivity index (χ0v) is 21.6. The lowest BCUT2D eigenvalue weighted by Gasteiger charge is -2.29. The minimum atomic E-state index is -0.132. The van der Waals surface area contributed by atoms with Crippen LogP contribution in [0, 0.1) is 6.92 Å². The first kappa shape index (κ1) is 23.1. The Hall–Kier alpha value is -5.04. The molecule has 1 aliphatic rings. The maximum absolute atomic E-state index is 6.38. The molecule has 0 saturated heterocycles. The number of nitrogens with zero attached hydrogens (tertiary/aromatic N) is 5. The van der Waals surface area contributed by atoms with Gasteiger partial charge in [-0.15, -0.1) is 5.10 Å². The lowest BCUT2D eigenvalue weighted by molar-refractivity contribution is 0.125. The van der Waals surface area contributed by atoms with Crippen molar-refractivity contribution < 1.29 is 9.57 Å². The number of fused-ring (bicyclic) bond motifs is 6. The zero-order chi connectivity index (χ0) is 26.3. The van der Waals surface area contributed by atoms with Gasteiger partial charge in [0.1, 0.15) is 12.1 Å². The van der Waals surface area contributed by atoms with E-state index in [0.717, 1.165) is 44.5 Å². The molecular formula is C32H25N5O2. The molecule has 3 heterocycles. The molecule has 39 heavy (non-hydrogen) atoms. The van der Waals surface area contributed by atoms with E-state index in [-0.39, 0.29) is 12.5 Å². The van der Waals surface area contributed by atoms with Crippen molar-refractivity contribution in [1.82, 2.24) is 19.6 Å². The van der Waals surface area contributed by atoms with E-state index in [1.54, 1.807) is 10.8 Å². The van der Waals surface area contributed by atoms with Gasteiger partial charge < -0.3 is 9.57 Å². The zero-order valence-electron chi connectivity index (χ0n) is 21.6. The Kier molecular flexibility index (Phi) is 5.55. The highest BCUT2D eigenvalue weighted by Crippen LogP contribution is 2.50. The van der Waals surface area contributed by atoms with Crippen LogP contribution in [0.3, 0.4) is 0 Å². The molecule has 4 aromatic carbocycles. The monoisotopic (exact) mass is 511 g/mol. The maximum atomic E-state index is 6.38. The summed E-state index contributed by atoms with van der Waals surface area (Å²) in [6.45, 7) is 4.12. The first-order valence-electron chi connectivity index (χ1n) is 12.9. The number of aryl methyl sites for hydroxylation is 1. The normalized spacial score (nSPS) is 14.6. The number of hydrogen-bond donors (Lipinski definition) is 0. The SMILES string of the molecule is C/C(=N\OCc1nc2c3c(ncn2n1)Oc1ccc2ccccc2c1[C@H]3c1ccccc1)c1ccc(C)cc1. The van der Waals surface area contributed by atoms with E-state index in [1.807, 2.05) is 31.2 Å². The van der Waals surface area contributed by atoms with E-state index in [2.05, 4.69) is 88.9 Å². The molecule has 190 valence electrons. The Morgan fingerprint density at radius 2 is 1.72 bits per heavy atom. The van der Waals surface area contributed by atoms with Gasteiger partial charge in [0, 0.05) is 11.5 Å². The number of aromatic nitrogens is 4. The van der Waals surface area contributed by atoms with E-state index < -0.39 is 0 Å². The van der Waals surface area contributed by atoms with Crippen LogP contribution in [-0.4, -0.2) is 25.3 Å². The van der Waals surface area contributed by atoms with Gasteiger partial charge in [-0.2, -0.15) is 0 Å². The van der Waals surface area contributed by atoms with Crippen LogP contribution in [0.2, 0.25) is 0 Å². The molecule has 6 aromatic rings. The average molecular weight is 512 g/mol. The third kappa shape index (κ3) is 4.08. The Balaban J connectivity index is 1.30. The molecular weight excluding hydrogens is 486 g/mol. The number of hydrogen-bond acceptors (Lipinski definition) is 6. The van der Waals surface area contributed by atoms with Crippen molar-refractivity contribution >= 4 is 22.1 Å². The molecule has 0 saturated carbocycles. The van der Waals surface area contributed by atoms with Crippen molar-refractivity contribution in [3.8, 4) is 11.6 Å². The minimum absolute atomic E-state index is 0.132. The fourth-order valence-corrected chi connectivity index (χ4v) is 5.22. The summed E-state index contributed by atoms with van der Waals surface area (Å²) in [4.78, 5) is 15.2. The molecule has 7 nitrogen and oxygen atoms in total. The molecule has 2 aromatic heterocycles. The fourth-order valence-electron chi connectivity index (χ4n) is 5.22. The van der Waals surface area contributed by atoms with Gasteiger partial charge >= 0.3 is 0 Å². The summed E-state index contributed by atoms with van der Waals surface area (Å²) in [6, 6.07) is 31.1. The Morgan fingerprint density at radius 1 is 0.923 bits per heavy atom. The second kappa shape index (κ2) is 9.36. The quantitative estimate of drug-likeness (QED) is 0.187. The Labute approximate surface area is 225 Å². The van der Waals surface area contributed by atoms with Crippen LogP contribution >= 0.6 is 0 Å². The first-order valence-corrected chi connectivity index (χ1v) is 12.9. The summed E-state index contributed by atoms with van der Waals surface area (Å²) >= 11 is 0. The predicted molar refractivity (Wildman–Crippen MR) is 150 cm³/mol. The van der Waals surface area contributed by atoms with Crippen LogP contribution in [0.5, 0.6) is 11.6 Å². The number of benzene rings is 4. The summed E-state index contributed by atoms with van der Waals surface area (Å²) in [6.07, 6.45) is 1.64. The van der Waals surface area contributed by atoms with E-state index >= 15 is 0 Å². The van der Waals surface area contributed by atoms with Crippen molar-refractivity contribution in [1.29, 1.82) is 0 Å². The summed E-state index contributed by atoms with van der Waals surface area (Å²) in [5, 5.41) is 11.2. The van der Waals surface area contributed by atoms with Crippen molar-refractivity contribution in [3.63, 3.8) is 0 Å². The smallest absolute Gasteiger partial charge is 0.228 e. The van der Waals surface area contributed by atoms with Gasteiger partial charge in [-0.25, -0.2) is 14.5 Å². The van der Waals surface area contributed by atoms with E-state index in [4.69, 9.17) is 14.6 Å². The van der Waals surface area contributed by atoms with E-state index in [1.165, 1.54) is 5.56 Å². The fraction of sp³-hybridized carbons (Fsp3) is 0.125. The van der Waals surface area contributed by atoms with E-state index in [0.29, 0.717) is 17.4 Å². The topological polar surface area (TPSA) is 73.9 Å². The number of ether oxygens (including phenoxy) is 1. The van der Waals surface area contributed by atoms with Crippen molar-refractivity contribution in [2.24, 2.45) is 5.16 Å². The van der Waals surface area contributed by atoms with Gasteiger partial charge in [-0.1, -0.05) is 95.6 Å². The number of oxime groups is 1. The molecule has 7 rings (SSSR count). The highest BCUT2D eigenvalue weighted by molar-refractivity contribution is 5.98. The average Bonchev–Trinajstić information content (AvgIpc) is 3.40. The standard InChI is InChI=1S/C32H25N5O2/c1-20-12-14-22(15-13-20)21(2)36-38-18-27-34-31-30-28(24-9-4-3-5-10-24)29-25-11-7-6-8-23(25)16-17-26(29)39-32(30)33-19-37(31)35-27/h3-17,19,28H,18H2,1-2H3/b36-21+/t28-/m1/s1. The molecule has 1 aliphatic heterocycles. The van der Waals surface area contributed by atoms with Gasteiger partial charge in [0.15, 0.2) is 18.1 Å². The van der Waals surface area contributed by atoms with Gasteiger partial charge in [0.2, 0.25) is 5.88 Å². The van der Waals surface area contributed by atoms with Gasteiger partial charge in [-0.3, -0.25) is 0 Å². The molecule has 7 heteroatoms.